The molecule has 2 aliphatic rings. The molecule has 1 saturated heterocycles. The van der Waals surface area contributed by atoms with Crippen LogP contribution in [0.15, 0.2) is 12.1 Å². The molecule has 0 bridgehead atoms. The minimum Gasteiger partial charge on any atom is -0.467 e. The van der Waals surface area contributed by atoms with E-state index in [9.17, 15) is 4.79 Å². The number of fused-ring (bicyclic) bond motifs is 1. The zero-order valence-corrected chi connectivity index (χ0v) is 11.7. The van der Waals surface area contributed by atoms with Crippen LogP contribution in [0, 0.1) is 0 Å². The summed E-state index contributed by atoms with van der Waals surface area (Å²) in [6.45, 7) is 2.81. The van der Waals surface area contributed by atoms with E-state index in [4.69, 9.17) is 25.7 Å². The molecule has 1 unspecified atom stereocenters. The summed E-state index contributed by atoms with van der Waals surface area (Å²) in [6, 6.07) is 3.30. The van der Waals surface area contributed by atoms with Gasteiger partial charge in [0.2, 0.25) is 5.91 Å². The minimum absolute atomic E-state index is 0.228. The topological polar surface area (TPSA) is 100 Å². The maximum Gasteiger partial charge on any atom is 0.237 e. The molecule has 2 aliphatic heterocycles. The van der Waals surface area contributed by atoms with Crippen LogP contribution < -0.4 is 16.2 Å². The summed E-state index contributed by atoms with van der Waals surface area (Å²) in [6.07, 6.45) is 0. The van der Waals surface area contributed by atoms with Crippen molar-refractivity contribution in [3.05, 3.63) is 23.3 Å². The number of nitrogen functional groups attached to an aromatic ring is 1. The Bertz CT molecular complexity index is 549. The number of primary amides is 1. The SMILES string of the molecule is NC(=O)C1COCCN1Cc1cc(N)cc2c1OCOC2. The number of morpholine rings is 1. The van der Waals surface area contributed by atoms with Crippen molar-refractivity contribution in [2.24, 2.45) is 5.73 Å². The molecule has 4 N–H and O–H groups in total. The first-order valence-electron chi connectivity index (χ1n) is 6.88. The summed E-state index contributed by atoms with van der Waals surface area (Å²) in [5.41, 5.74) is 13.9. The third-order valence-corrected chi connectivity index (χ3v) is 3.75. The van der Waals surface area contributed by atoms with Gasteiger partial charge in [-0.2, -0.15) is 0 Å². The number of carbonyl (C=O) groups is 1. The van der Waals surface area contributed by atoms with Gasteiger partial charge in [0.15, 0.2) is 6.79 Å². The highest BCUT2D eigenvalue weighted by atomic mass is 16.7. The molecule has 1 amide bonds. The third kappa shape index (κ3) is 2.94. The highest BCUT2D eigenvalue weighted by Crippen LogP contribution is 2.32. The highest BCUT2D eigenvalue weighted by Gasteiger charge is 2.29. The Morgan fingerprint density at radius 3 is 3.05 bits per heavy atom. The van der Waals surface area contributed by atoms with Crippen LogP contribution in [0.5, 0.6) is 5.75 Å². The van der Waals surface area contributed by atoms with Crippen molar-refractivity contribution in [2.45, 2.75) is 19.2 Å². The first kappa shape index (κ1) is 14.1. The summed E-state index contributed by atoms with van der Waals surface area (Å²) in [5.74, 6) is 0.418. The van der Waals surface area contributed by atoms with Crippen molar-refractivity contribution >= 4 is 11.6 Å². The van der Waals surface area contributed by atoms with Crippen LogP contribution in [0.3, 0.4) is 0 Å². The molecule has 3 rings (SSSR count). The summed E-state index contributed by atoms with van der Waals surface area (Å²) in [7, 11) is 0. The average molecular weight is 293 g/mol. The van der Waals surface area contributed by atoms with E-state index < -0.39 is 6.04 Å². The number of rotatable bonds is 3. The van der Waals surface area contributed by atoms with Gasteiger partial charge in [-0.3, -0.25) is 9.69 Å². The fraction of sp³-hybridized carbons (Fsp3) is 0.500. The molecular formula is C14H19N3O4. The Kier molecular flexibility index (Phi) is 3.96. The second-order valence-corrected chi connectivity index (χ2v) is 5.24. The van der Waals surface area contributed by atoms with Gasteiger partial charge in [0, 0.05) is 29.9 Å². The molecule has 1 aromatic rings. The van der Waals surface area contributed by atoms with Crippen LogP contribution in [0.1, 0.15) is 11.1 Å². The van der Waals surface area contributed by atoms with Gasteiger partial charge in [-0.15, -0.1) is 0 Å². The Morgan fingerprint density at radius 2 is 2.24 bits per heavy atom. The Hall–Kier alpha value is -1.83. The number of hydrogen-bond acceptors (Lipinski definition) is 6. The molecule has 2 heterocycles. The lowest BCUT2D eigenvalue weighted by molar-refractivity contribution is -0.129. The molecule has 1 fully saturated rings. The lowest BCUT2D eigenvalue weighted by atomic mass is 10.1. The summed E-state index contributed by atoms with van der Waals surface area (Å²) in [4.78, 5) is 13.5. The summed E-state index contributed by atoms with van der Waals surface area (Å²) in [5, 5.41) is 0. The molecule has 0 saturated carbocycles. The Morgan fingerprint density at radius 1 is 1.38 bits per heavy atom. The normalized spacial score (nSPS) is 22.4. The quantitative estimate of drug-likeness (QED) is 0.750. The zero-order valence-electron chi connectivity index (χ0n) is 11.7. The predicted octanol–water partition coefficient (Wildman–Crippen LogP) is -0.179. The number of benzene rings is 1. The average Bonchev–Trinajstić information content (AvgIpc) is 2.47. The zero-order chi connectivity index (χ0) is 14.8. The lowest BCUT2D eigenvalue weighted by Gasteiger charge is -2.34. The molecule has 1 atom stereocenters. The van der Waals surface area contributed by atoms with Gasteiger partial charge in [-0.1, -0.05) is 0 Å². The summed E-state index contributed by atoms with van der Waals surface area (Å²) < 4.78 is 16.2. The maximum atomic E-state index is 11.5. The van der Waals surface area contributed by atoms with Crippen LogP contribution in [-0.2, 0) is 27.4 Å². The van der Waals surface area contributed by atoms with E-state index in [-0.39, 0.29) is 12.7 Å². The van der Waals surface area contributed by atoms with Crippen LogP contribution >= 0.6 is 0 Å². The van der Waals surface area contributed by atoms with E-state index in [1.54, 1.807) is 0 Å². The number of nitrogens with two attached hydrogens (primary N) is 2. The third-order valence-electron chi connectivity index (χ3n) is 3.75. The molecule has 0 aliphatic carbocycles. The summed E-state index contributed by atoms with van der Waals surface area (Å²) >= 11 is 0. The van der Waals surface area contributed by atoms with E-state index in [2.05, 4.69) is 0 Å². The molecule has 7 heteroatoms. The smallest absolute Gasteiger partial charge is 0.237 e. The van der Waals surface area contributed by atoms with Crippen molar-refractivity contribution in [1.29, 1.82) is 0 Å². The predicted molar refractivity (Wildman–Crippen MR) is 75.3 cm³/mol. The van der Waals surface area contributed by atoms with Crippen molar-refractivity contribution in [3.63, 3.8) is 0 Å². The molecule has 21 heavy (non-hydrogen) atoms. The van der Waals surface area contributed by atoms with Crippen LogP contribution in [0.4, 0.5) is 5.69 Å². The first-order valence-corrected chi connectivity index (χ1v) is 6.88. The molecule has 0 spiro atoms. The Labute approximate surface area is 122 Å². The van der Waals surface area contributed by atoms with Gasteiger partial charge >= 0.3 is 0 Å². The standard InChI is InChI=1S/C14H19N3O4/c15-11-3-9(13-10(4-11)6-20-8-21-13)5-17-1-2-19-7-12(17)14(16)18/h3-4,12H,1-2,5-8,15H2,(H2,16,18). The fourth-order valence-electron chi connectivity index (χ4n) is 2.75. The van der Waals surface area contributed by atoms with Gasteiger partial charge < -0.3 is 25.7 Å². The van der Waals surface area contributed by atoms with Crippen molar-refractivity contribution in [3.8, 4) is 5.75 Å². The monoisotopic (exact) mass is 293 g/mol. The molecular weight excluding hydrogens is 274 g/mol. The molecule has 114 valence electrons. The number of hydrogen-bond donors (Lipinski definition) is 2. The van der Waals surface area contributed by atoms with E-state index in [0.717, 1.165) is 16.9 Å². The largest absolute Gasteiger partial charge is 0.467 e. The number of nitrogens with zero attached hydrogens (tertiary/aromatic N) is 1. The minimum atomic E-state index is -0.421. The Balaban J connectivity index is 1.86. The first-order chi connectivity index (χ1) is 10.1. The van der Waals surface area contributed by atoms with E-state index in [1.807, 2.05) is 17.0 Å². The van der Waals surface area contributed by atoms with Gasteiger partial charge in [0.05, 0.1) is 19.8 Å². The van der Waals surface area contributed by atoms with Crippen molar-refractivity contribution < 1.29 is 19.0 Å². The fourth-order valence-corrected chi connectivity index (χ4v) is 2.75. The highest BCUT2D eigenvalue weighted by molar-refractivity contribution is 5.80. The van der Waals surface area contributed by atoms with Crippen LogP contribution in [0.25, 0.3) is 0 Å². The van der Waals surface area contributed by atoms with Gasteiger partial charge in [-0.25, -0.2) is 0 Å². The molecule has 0 radical (unpaired) electrons. The van der Waals surface area contributed by atoms with E-state index >= 15 is 0 Å². The number of anilines is 1. The van der Waals surface area contributed by atoms with Crippen LogP contribution in [-0.4, -0.2) is 43.4 Å². The molecule has 1 aromatic carbocycles. The number of amides is 1. The second-order valence-electron chi connectivity index (χ2n) is 5.24. The van der Waals surface area contributed by atoms with Crippen LogP contribution in [0.2, 0.25) is 0 Å². The van der Waals surface area contributed by atoms with Crippen molar-refractivity contribution in [2.75, 3.05) is 32.3 Å². The maximum absolute atomic E-state index is 11.5. The number of carbonyl (C=O) groups excluding carboxylic acids is 1. The second kappa shape index (κ2) is 5.88. The van der Waals surface area contributed by atoms with E-state index in [0.29, 0.717) is 38.6 Å². The van der Waals surface area contributed by atoms with Gasteiger partial charge in [0.1, 0.15) is 11.8 Å². The van der Waals surface area contributed by atoms with Gasteiger partial charge in [0.25, 0.3) is 0 Å². The molecule has 7 nitrogen and oxygen atoms in total. The van der Waals surface area contributed by atoms with E-state index in [1.165, 1.54) is 0 Å². The molecule has 0 aromatic heterocycles. The lowest BCUT2D eigenvalue weighted by Crippen LogP contribution is -2.51. The number of ether oxygens (including phenoxy) is 3. The van der Waals surface area contributed by atoms with Gasteiger partial charge in [-0.05, 0) is 12.1 Å². The van der Waals surface area contributed by atoms with Crippen molar-refractivity contribution in [1.82, 2.24) is 4.90 Å².